The molecule has 0 unspecified atom stereocenters. The molecule has 1 amide bonds. The highest BCUT2D eigenvalue weighted by Crippen LogP contribution is 2.48. The van der Waals surface area contributed by atoms with Crippen molar-refractivity contribution >= 4 is 28.9 Å². The Balaban J connectivity index is 1.04. The first-order chi connectivity index (χ1) is 18.9. The maximum Gasteiger partial charge on any atom is 0.227 e. The van der Waals surface area contributed by atoms with Crippen LogP contribution in [0, 0.1) is 11.6 Å². The molecule has 0 saturated carbocycles. The second-order valence-corrected chi connectivity index (χ2v) is 11.3. The smallest absolute Gasteiger partial charge is 0.227 e. The van der Waals surface area contributed by atoms with Crippen LogP contribution in [0.3, 0.4) is 0 Å². The van der Waals surface area contributed by atoms with Crippen LogP contribution in [0.5, 0.6) is 0 Å². The molecule has 6 rings (SSSR count). The summed E-state index contributed by atoms with van der Waals surface area (Å²) in [6.45, 7) is 6.95. The number of anilines is 2. The van der Waals surface area contributed by atoms with E-state index in [0.717, 1.165) is 81.3 Å². The van der Waals surface area contributed by atoms with Gasteiger partial charge in [-0.1, -0.05) is 23.7 Å². The number of benzene rings is 3. The Bertz CT molecular complexity index is 1330. The maximum absolute atomic E-state index is 14.3. The molecule has 2 fully saturated rings. The van der Waals surface area contributed by atoms with Crippen LogP contribution in [-0.4, -0.2) is 79.0 Å². The monoisotopic (exact) mass is 550 g/mol. The van der Waals surface area contributed by atoms with Crippen LogP contribution in [0.4, 0.5) is 20.2 Å². The second kappa shape index (κ2) is 11.2. The fourth-order valence-electron chi connectivity index (χ4n) is 6.41. The molecular formula is C31H33ClF2N4O. The van der Waals surface area contributed by atoms with E-state index in [9.17, 15) is 13.6 Å². The first-order valence-corrected chi connectivity index (χ1v) is 14.1. The van der Waals surface area contributed by atoms with Crippen molar-refractivity contribution in [3.8, 4) is 0 Å². The fourth-order valence-corrected chi connectivity index (χ4v) is 6.63. The number of carbonyl (C=O) groups excluding carboxylic acids is 1. The molecule has 0 aliphatic carbocycles. The number of nitrogens with zero attached hydrogens (tertiary/aromatic N) is 4. The van der Waals surface area contributed by atoms with E-state index in [1.165, 1.54) is 18.2 Å². The van der Waals surface area contributed by atoms with E-state index in [4.69, 9.17) is 11.6 Å². The van der Waals surface area contributed by atoms with Gasteiger partial charge < -0.3 is 14.7 Å². The largest absolute Gasteiger partial charge is 0.340 e. The maximum atomic E-state index is 14.3. The van der Waals surface area contributed by atoms with Gasteiger partial charge in [0.15, 0.2) is 0 Å². The molecule has 204 valence electrons. The summed E-state index contributed by atoms with van der Waals surface area (Å²) < 4.78 is 27.9. The summed E-state index contributed by atoms with van der Waals surface area (Å²) >= 11 is 6.07. The van der Waals surface area contributed by atoms with Gasteiger partial charge in [-0.2, -0.15) is 0 Å². The minimum absolute atomic E-state index is 0.150. The standard InChI is InChI=1S/C31H33ClF2N4O/c32-23-3-1-2-22(18-23)19-31(39)37-16-14-35(15-17-37)12-13-36-11-10-30-28(21-36)27-20-25(34)6-9-29(27)38(30)26-7-4-24(33)5-8-26/h1-9,18,20,28,30H,10-17,19,21H2/t28-,30+/m0/s1. The van der Waals surface area contributed by atoms with Gasteiger partial charge in [0.2, 0.25) is 5.91 Å². The fraction of sp³-hybridized carbons (Fsp3) is 0.387. The molecule has 39 heavy (non-hydrogen) atoms. The summed E-state index contributed by atoms with van der Waals surface area (Å²) in [4.78, 5) is 21.9. The SMILES string of the molecule is O=C(Cc1cccc(Cl)c1)N1CCN(CCN2CC[C@@H]3[C@@H](C2)c2cc(F)ccc2N3c2ccc(F)cc2)CC1. The first-order valence-electron chi connectivity index (χ1n) is 13.8. The van der Waals surface area contributed by atoms with Gasteiger partial charge in [-0.15, -0.1) is 0 Å². The summed E-state index contributed by atoms with van der Waals surface area (Å²) in [5, 5.41) is 0.656. The number of likely N-dealkylation sites (tertiary alicyclic amines) is 1. The number of rotatable bonds is 6. The molecule has 2 atom stereocenters. The van der Waals surface area contributed by atoms with Gasteiger partial charge >= 0.3 is 0 Å². The Morgan fingerprint density at radius 1 is 0.846 bits per heavy atom. The molecule has 3 aromatic rings. The normalized spacial score (nSPS) is 21.6. The predicted molar refractivity (Wildman–Crippen MR) is 151 cm³/mol. The number of fused-ring (bicyclic) bond motifs is 3. The Labute approximate surface area is 233 Å². The summed E-state index contributed by atoms with van der Waals surface area (Å²) in [6, 6.07) is 19.4. The van der Waals surface area contributed by atoms with Crippen molar-refractivity contribution in [1.82, 2.24) is 14.7 Å². The van der Waals surface area contributed by atoms with Crippen molar-refractivity contribution in [3.63, 3.8) is 0 Å². The second-order valence-electron chi connectivity index (χ2n) is 10.8. The lowest BCUT2D eigenvalue weighted by atomic mass is 9.89. The third-order valence-electron chi connectivity index (χ3n) is 8.45. The van der Waals surface area contributed by atoms with Gasteiger partial charge in [0.1, 0.15) is 11.6 Å². The Morgan fingerprint density at radius 2 is 1.59 bits per heavy atom. The summed E-state index contributed by atoms with van der Waals surface area (Å²) in [5.74, 6) is -0.115. The van der Waals surface area contributed by atoms with E-state index in [1.807, 2.05) is 47.4 Å². The van der Waals surface area contributed by atoms with Crippen molar-refractivity contribution in [1.29, 1.82) is 0 Å². The molecule has 0 N–H and O–H groups in total. The average molecular weight is 551 g/mol. The number of halogens is 3. The number of piperidine rings is 1. The molecule has 3 aromatic carbocycles. The zero-order valence-electron chi connectivity index (χ0n) is 21.9. The van der Waals surface area contributed by atoms with Crippen LogP contribution in [0.15, 0.2) is 66.7 Å². The lowest BCUT2D eigenvalue weighted by molar-refractivity contribution is -0.132. The number of piperazine rings is 1. The molecular weight excluding hydrogens is 518 g/mol. The molecule has 8 heteroatoms. The Hall–Kier alpha value is -3.00. The number of carbonyl (C=O) groups is 1. The van der Waals surface area contributed by atoms with Gasteiger partial charge in [-0.05, 0) is 72.1 Å². The summed E-state index contributed by atoms with van der Waals surface area (Å²) in [6.07, 6.45) is 1.35. The van der Waals surface area contributed by atoms with Crippen molar-refractivity contribution in [2.75, 3.05) is 57.3 Å². The topological polar surface area (TPSA) is 30.0 Å². The van der Waals surface area contributed by atoms with Crippen molar-refractivity contribution in [3.05, 3.63) is 94.5 Å². The van der Waals surface area contributed by atoms with E-state index in [0.29, 0.717) is 11.4 Å². The van der Waals surface area contributed by atoms with Crippen LogP contribution in [0.2, 0.25) is 5.02 Å². The van der Waals surface area contributed by atoms with Crippen LogP contribution >= 0.6 is 11.6 Å². The van der Waals surface area contributed by atoms with Crippen LogP contribution in [-0.2, 0) is 11.2 Å². The zero-order chi connectivity index (χ0) is 26.9. The minimum atomic E-state index is -0.255. The number of amides is 1. The van der Waals surface area contributed by atoms with Crippen molar-refractivity contribution < 1.29 is 13.6 Å². The number of hydrogen-bond donors (Lipinski definition) is 0. The highest BCUT2D eigenvalue weighted by molar-refractivity contribution is 6.30. The van der Waals surface area contributed by atoms with E-state index >= 15 is 0 Å². The van der Waals surface area contributed by atoms with Crippen LogP contribution < -0.4 is 4.90 Å². The Morgan fingerprint density at radius 3 is 2.36 bits per heavy atom. The van der Waals surface area contributed by atoms with Crippen molar-refractivity contribution in [2.45, 2.75) is 24.8 Å². The van der Waals surface area contributed by atoms with Gasteiger partial charge in [-0.25, -0.2) is 8.78 Å². The highest BCUT2D eigenvalue weighted by Gasteiger charge is 2.42. The third kappa shape index (κ3) is 5.67. The molecule has 0 spiro atoms. The molecule has 0 bridgehead atoms. The lowest BCUT2D eigenvalue weighted by Gasteiger charge is -2.40. The molecule has 5 nitrogen and oxygen atoms in total. The van der Waals surface area contributed by atoms with Crippen LogP contribution in [0.1, 0.15) is 23.5 Å². The summed E-state index contributed by atoms with van der Waals surface area (Å²) in [5.41, 5.74) is 3.97. The first kappa shape index (κ1) is 26.2. The van der Waals surface area contributed by atoms with Gasteiger partial charge in [0.25, 0.3) is 0 Å². The molecule has 0 radical (unpaired) electrons. The van der Waals surface area contributed by atoms with Crippen LogP contribution in [0.25, 0.3) is 0 Å². The minimum Gasteiger partial charge on any atom is -0.340 e. The Kier molecular flexibility index (Phi) is 7.56. The molecule has 0 aromatic heterocycles. The molecule has 2 saturated heterocycles. The van der Waals surface area contributed by atoms with E-state index in [-0.39, 0.29) is 29.5 Å². The van der Waals surface area contributed by atoms with E-state index < -0.39 is 0 Å². The molecule has 3 aliphatic rings. The zero-order valence-corrected chi connectivity index (χ0v) is 22.7. The van der Waals surface area contributed by atoms with Gasteiger partial charge in [0.05, 0.1) is 6.42 Å². The van der Waals surface area contributed by atoms with Gasteiger partial charge in [-0.3, -0.25) is 9.69 Å². The summed E-state index contributed by atoms with van der Waals surface area (Å²) in [7, 11) is 0. The lowest BCUT2D eigenvalue weighted by Crippen LogP contribution is -2.52. The quantitative estimate of drug-likeness (QED) is 0.416. The van der Waals surface area contributed by atoms with Crippen molar-refractivity contribution in [2.24, 2.45) is 0 Å². The highest BCUT2D eigenvalue weighted by atomic mass is 35.5. The predicted octanol–water partition coefficient (Wildman–Crippen LogP) is 5.31. The third-order valence-corrected chi connectivity index (χ3v) is 8.68. The van der Waals surface area contributed by atoms with E-state index in [2.05, 4.69) is 14.7 Å². The average Bonchev–Trinajstić information content (AvgIpc) is 3.25. The number of hydrogen-bond acceptors (Lipinski definition) is 4. The molecule has 3 heterocycles. The molecule has 3 aliphatic heterocycles. The van der Waals surface area contributed by atoms with Gasteiger partial charge in [0, 0.05) is 80.7 Å². The van der Waals surface area contributed by atoms with E-state index in [1.54, 1.807) is 6.07 Å².